The number of benzene rings is 1. The Hall–Kier alpha value is -0.770. The molecule has 16 heavy (non-hydrogen) atoms. The van der Waals surface area contributed by atoms with E-state index in [0.29, 0.717) is 23.1 Å². The van der Waals surface area contributed by atoms with Gasteiger partial charge in [-0.05, 0) is 23.8 Å². The molecule has 0 aromatic heterocycles. The van der Waals surface area contributed by atoms with E-state index in [1.165, 1.54) is 4.90 Å². The van der Waals surface area contributed by atoms with Crippen molar-refractivity contribution in [3.05, 3.63) is 33.8 Å². The van der Waals surface area contributed by atoms with Crippen LogP contribution in [-0.4, -0.2) is 31.4 Å². The first-order chi connectivity index (χ1) is 7.49. The zero-order chi connectivity index (χ0) is 12.1. The van der Waals surface area contributed by atoms with Gasteiger partial charge in [0, 0.05) is 30.7 Å². The van der Waals surface area contributed by atoms with Gasteiger partial charge in [-0.1, -0.05) is 23.2 Å². The molecule has 1 amide bonds. The molecule has 1 aromatic carbocycles. The highest BCUT2D eigenvalue weighted by atomic mass is 35.5. The number of nitrogens with zero attached hydrogens (tertiary/aromatic N) is 1. The minimum Gasteiger partial charge on any atom is -0.348 e. The summed E-state index contributed by atoms with van der Waals surface area (Å²) in [5, 5.41) is 4.23. The van der Waals surface area contributed by atoms with Crippen LogP contribution in [0.1, 0.15) is 5.56 Å². The number of hydrogen-bond acceptors (Lipinski definition) is 2. The second-order valence-corrected chi connectivity index (χ2v) is 4.54. The number of rotatable bonds is 4. The van der Waals surface area contributed by atoms with Gasteiger partial charge in [-0.25, -0.2) is 0 Å². The van der Waals surface area contributed by atoms with E-state index < -0.39 is 0 Å². The maximum Gasteiger partial charge on any atom is 0.236 e. The van der Waals surface area contributed by atoms with Crippen LogP contribution in [0.25, 0.3) is 0 Å². The number of halogens is 2. The lowest BCUT2D eigenvalue weighted by Gasteiger charge is -2.11. The molecule has 3 nitrogen and oxygen atoms in total. The van der Waals surface area contributed by atoms with Crippen LogP contribution in [0.5, 0.6) is 0 Å². The molecular formula is C11H14Cl2N2O. The first-order valence-corrected chi connectivity index (χ1v) is 5.60. The maximum absolute atomic E-state index is 11.3. The Morgan fingerprint density at radius 2 is 1.81 bits per heavy atom. The fraction of sp³-hybridized carbons (Fsp3) is 0.364. The smallest absolute Gasteiger partial charge is 0.236 e. The molecule has 1 rings (SSSR count). The third kappa shape index (κ3) is 4.39. The molecule has 0 atom stereocenters. The molecule has 0 radical (unpaired) electrons. The lowest BCUT2D eigenvalue weighted by atomic mass is 10.2. The van der Waals surface area contributed by atoms with Gasteiger partial charge in [0.2, 0.25) is 5.91 Å². The summed E-state index contributed by atoms with van der Waals surface area (Å²) in [7, 11) is 3.44. The van der Waals surface area contributed by atoms with Crippen LogP contribution in [0.3, 0.4) is 0 Å². The van der Waals surface area contributed by atoms with E-state index >= 15 is 0 Å². The highest BCUT2D eigenvalue weighted by Gasteiger charge is 2.03. The standard InChI is InChI=1S/C11H14Cl2N2O/c1-15(2)11(16)7-14-6-8-3-9(12)5-10(13)4-8/h3-5,14H,6-7H2,1-2H3. The third-order valence-electron chi connectivity index (χ3n) is 2.03. The van der Waals surface area contributed by atoms with E-state index in [4.69, 9.17) is 23.2 Å². The summed E-state index contributed by atoms with van der Waals surface area (Å²) < 4.78 is 0. The Balaban J connectivity index is 2.46. The van der Waals surface area contributed by atoms with Gasteiger partial charge in [-0.15, -0.1) is 0 Å². The van der Waals surface area contributed by atoms with Gasteiger partial charge in [0.05, 0.1) is 6.54 Å². The number of carbonyl (C=O) groups excluding carboxylic acids is 1. The van der Waals surface area contributed by atoms with E-state index in [1.54, 1.807) is 20.2 Å². The van der Waals surface area contributed by atoms with Crippen LogP contribution < -0.4 is 5.32 Å². The Morgan fingerprint density at radius 1 is 1.25 bits per heavy atom. The topological polar surface area (TPSA) is 32.3 Å². The quantitative estimate of drug-likeness (QED) is 0.900. The van der Waals surface area contributed by atoms with Gasteiger partial charge >= 0.3 is 0 Å². The Bertz CT molecular complexity index is 360. The Kier molecular flexibility index (Phi) is 5.06. The largest absolute Gasteiger partial charge is 0.348 e. The second-order valence-electron chi connectivity index (χ2n) is 3.67. The number of amides is 1. The third-order valence-corrected chi connectivity index (χ3v) is 2.46. The first kappa shape index (κ1) is 13.3. The molecule has 0 heterocycles. The minimum atomic E-state index is 0.0353. The van der Waals surface area contributed by atoms with E-state index in [1.807, 2.05) is 12.1 Å². The van der Waals surface area contributed by atoms with Gasteiger partial charge in [-0.2, -0.15) is 0 Å². The summed E-state index contributed by atoms with van der Waals surface area (Å²) in [6, 6.07) is 5.32. The van der Waals surface area contributed by atoms with Crippen molar-refractivity contribution in [2.75, 3.05) is 20.6 Å². The highest BCUT2D eigenvalue weighted by molar-refractivity contribution is 6.34. The summed E-state index contributed by atoms with van der Waals surface area (Å²) in [6.07, 6.45) is 0. The molecule has 0 aliphatic carbocycles. The van der Waals surface area contributed by atoms with Crippen LogP contribution in [0.15, 0.2) is 18.2 Å². The lowest BCUT2D eigenvalue weighted by Crippen LogP contribution is -2.32. The Morgan fingerprint density at radius 3 is 2.31 bits per heavy atom. The van der Waals surface area contributed by atoms with Crippen molar-refractivity contribution in [2.45, 2.75) is 6.54 Å². The predicted molar refractivity (Wildman–Crippen MR) is 66.9 cm³/mol. The monoisotopic (exact) mass is 260 g/mol. The average molecular weight is 261 g/mol. The van der Waals surface area contributed by atoms with E-state index in [-0.39, 0.29) is 5.91 Å². The van der Waals surface area contributed by atoms with Crippen LogP contribution in [0.4, 0.5) is 0 Å². The Labute approximate surface area is 105 Å². The van der Waals surface area contributed by atoms with Gasteiger partial charge in [0.1, 0.15) is 0 Å². The van der Waals surface area contributed by atoms with Crippen molar-refractivity contribution in [2.24, 2.45) is 0 Å². The molecule has 1 aromatic rings. The number of likely N-dealkylation sites (N-methyl/N-ethyl adjacent to an activating group) is 1. The molecule has 0 saturated carbocycles. The molecule has 0 aliphatic heterocycles. The zero-order valence-corrected chi connectivity index (χ0v) is 10.8. The number of nitrogens with one attached hydrogen (secondary N) is 1. The first-order valence-electron chi connectivity index (χ1n) is 4.85. The van der Waals surface area contributed by atoms with Gasteiger partial charge in [-0.3, -0.25) is 4.79 Å². The molecule has 0 spiro atoms. The minimum absolute atomic E-state index is 0.0353. The van der Waals surface area contributed by atoms with Crippen molar-refractivity contribution in [1.82, 2.24) is 10.2 Å². The maximum atomic E-state index is 11.3. The van der Waals surface area contributed by atoms with Crippen molar-refractivity contribution in [3.63, 3.8) is 0 Å². The molecule has 0 aliphatic rings. The number of hydrogen-bond donors (Lipinski definition) is 1. The molecule has 0 fully saturated rings. The highest BCUT2D eigenvalue weighted by Crippen LogP contribution is 2.18. The predicted octanol–water partition coefficient (Wildman–Crippen LogP) is 2.17. The summed E-state index contributed by atoms with van der Waals surface area (Å²) in [5.74, 6) is 0.0353. The van der Waals surface area contributed by atoms with Crippen LogP contribution in [0.2, 0.25) is 10.0 Å². The molecule has 1 N–H and O–H groups in total. The van der Waals surface area contributed by atoms with Crippen LogP contribution in [-0.2, 0) is 11.3 Å². The molecular weight excluding hydrogens is 247 g/mol. The summed E-state index contributed by atoms with van der Waals surface area (Å²) in [5.41, 5.74) is 0.962. The fourth-order valence-electron chi connectivity index (χ4n) is 1.18. The second kappa shape index (κ2) is 6.09. The SMILES string of the molecule is CN(C)C(=O)CNCc1cc(Cl)cc(Cl)c1. The van der Waals surface area contributed by atoms with Crippen molar-refractivity contribution in [1.29, 1.82) is 0 Å². The normalized spacial score (nSPS) is 10.2. The van der Waals surface area contributed by atoms with Gasteiger partial charge < -0.3 is 10.2 Å². The summed E-state index contributed by atoms with van der Waals surface area (Å²) in [6.45, 7) is 0.872. The fourth-order valence-corrected chi connectivity index (χ4v) is 1.76. The van der Waals surface area contributed by atoms with E-state index in [2.05, 4.69) is 5.32 Å². The molecule has 88 valence electrons. The van der Waals surface area contributed by atoms with Gasteiger partial charge in [0.15, 0.2) is 0 Å². The molecule has 5 heteroatoms. The zero-order valence-electron chi connectivity index (χ0n) is 9.26. The lowest BCUT2D eigenvalue weighted by molar-refractivity contribution is -0.127. The van der Waals surface area contributed by atoms with E-state index in [9.17, 15) is 4.79 Å². The van der Waals surface area contributed by atoms with Crippen LogP contribution >= 0.6 is 23.2 Å². The van der Waals surface area contributed by atoms with Crippen LogP contribution in [0, 0.1) is 0 Å². The molecule has 0 bridgehead atoms. The average Bonchev–Trinajstić information content (AvgIpc) is 2.15. The van der Waals surface area contributed by atoms with Crippen molar-refractivity contribution < 1.29 is 4.79 Å². The van der Waals surface area contributed by atoms with E-state index in [0.717, 1.165) is 5.56 Å². The van der Waals surface area contributed by atoms with Crippen molar-refractivity contribution >= 4 is 29.1 Å². The number of carbonyl (C=O) groups is 1. The summed E-state index contributed by atoms with van der Waals surface area (Å²) >= 11 is 11.7. The van der Waals surface area contributed by atoms with Crippen molar-refractivity contribution in [3.8, 4) is 0 Å². The summed E-state index contributed by atoms with van der Waals surface area (Å²) in [4.78, 5) is 12.8. The van der Waals surface area contributed by atoms with Gasteiger partial charge in [0.25, 0.3) is 0 Å². The molecule has 0 unspecified atom stereocenters. The molecule has 0 saturated heterocycles.